The number of methoxy groups -OCH3 is 1. The lowest BCUT2D eigenvalue weighted by Crippen LogP contribution is -2.16. The fourth-order valence-electron chi connectivity index (χ4n) is 1.57. The average molecular weight is 314 g/mol. The van der Waals surface area contributed by atoms with Crippen LogP contribution in [0.4, 0.5) is 19.1 Å². The van der Waals surface area contributed by atoms with E-state index in [1.165, 1.54) is 25.6 Å². The van der Waals surface area contributed by atoms with Crippen molar-refractivity contribution in [3.63, 3.8) is 0 Å². The molecule has 2 aromatic rings. The summed E-state index contributed by atoms with van der Waals surface area (Å²) < 4.78 is 48.2. The number of ether oxygens (including phenoxy) is 2. The van der Waals surface area contributed by atoms with E-state index in [1.807, 2.05) is 0 Å². The highest BCUT2D eigenvalue weighted by Crippen LogP contribution is 2.34. The summed E-state index contributed by atoms with van der Waals surface area (Å²) in [6, 6.07) is 3.70. The Labute approximate surface area is 124 Å². The largest absolute Gasteiger partial charge is 0.481 e. The molecule has 0 bridgehead atoms. The Morgan fingerprint density at radius 2 is 2.00 bits per heavy atom. The van der Waals surface area contributed by atoms with Gasteiger partial charge in [-0.1, -0.05) is 0 Å². The molecule has 1 N–H and O–H groups in total. The molecule has 2 heterocycles. The second-order valence-corrected chi connectivity index (χ2v) is 4.05. The molecule has 0 saturated carbocycles. The molecular weight excluding hydrogens is 301 g/mol. The fourth-order valence-corrected chi connectivity index (χ4v) is 1.57. The topological polar surface area (TPSA) is 69.2 Å². The molecule has 22 heavy (non-hydrogen) atoms. The minimum Gasteiger partial charge on any atom is -0.481 e. The summed E-state index contributed by atoms with van der Waals surface area (Å²) in [6.45, 7) is 0.182. The summed E-state index contributed by atoms with van der Waals surface area (Å²) in [5.41, 5.74) is -0.910. The van der Waals surface area contributed by atoms with Crippen molar-refractivity contribution in [2.75, 3.05) is 25.6 Å². The van der Waals surface area contributed by atoms with Gasteiger partial charge in [0.05, 0.1) is 13.7 Å². The SMILES string of the molecule is COc1ccnc(NCCOc2ncccc2C(F)(F)F)n1. The lowest BCUT2D eigenvalue weighted by molar-refractivity contribution is -0.139. The number of alkyl halides is 3. The van der Waals surface area contributed by atoms with Gasteiger partial charge in [-0.15, -0.1) is 0 Å². The zero-order chi connectivity index (χ0) is 16.0. The molecule has 2 aromatic heterocycles. The van der Waals surface area contributed by atoms with Gasteiger partial charge < -0.3 is 14.8 Å². The first-order valence-corrected chi connectivity index (χ1v) is 6.26. The number of anilines is 1. The molecule has 0 aliphatic heterocycles. The number of nitrogens with one attached hydrogen (secondary N) is 1. The van der Waals surface area contributed by atoms with Gasteiger partial charge in [-0.3, -0.25) is 0 Å². The zero-order valence-electron chi connectivity index (χ0n) is 11.6. The smallest absolute Gasteiger partial charge is 0.421 e. The van der Waals surface area contributed by atoms with Crippen LogP contribution in [0, 0.1) is 0 Å². The third-order valence-corrected chi connectivity index (χ3v) is 2.54. The first kappa shape index (κ1) is 15.8. The van der Waals surface area contributed by atoms with Crippen LogP contribution >= 0.6 is 0 Å². The lowest BCUT2D eigenvalue weighted by Gasteiger charge is -2.12. The highest BCUT2D eigenvalue weighted by atomic mass is 19.4. The minimum atomic E-state index is -4.51. The Bertz CT molecular complexity index is 622. The first-order chi connectivity index (χ1) is 10.5. The van der Waals surface area contributed by atoms with E-state index >= 15 is 0 Å². The molecule has 0 fully saturated rings. The molecule has 0 aromatic carbocycles. The quantitative estimate of drug-likeness (QED) is 0.826. The number of hydrogen-bond acceptors (Lipinski definition) is 6. The second kappa shape index (κ2) is 6.92. The van der Waals surface area contributed by atoms with E-state index in [2.05, 4.69) is 20.3 Å². The summed E-state index contributed by atoms with van der Waals surface area (Å²) >= 11 is 0. The van der Waals surface area contributed by atoms with E-state index in [-0.39, 0.29) is 13.2 Å². The highest BCUT2D eigenvalue weighted by Gasteiger charge is 2.34. The van der Waals surface area contributed by atoms with Gasteiger partial charge >= 0.3 is 6.18 Å². The summed E-state index contributed by atoms with van der Waals surface area (Å²) in [5, 5.41) is 2.81. The van der Waals surface area contributed by atoms with Crippen LogP contribution < -0.4 is 14.8 Å². The summed E-state index contributed by atoms with van der Waals surface area (Å²) in [5.74, 6) is 0.214. The number of pyridine rings is 1. The van der Waals surface area contributed by atoms with Gasteiger partial charge in [0.15, 0.2) is 0 Å². The van der Waals surface area contributed by atoms with Crippen LogP contribution in [0.1, 0.15) is 5.56 Å². The number of halogens is 3. The molecule has 6 nitrogen and oxygen atoms in total. The van der Waals surface area contributed by atoms with Gasteiger partial charge in [-0.25, -0.2) is 9.97 Å². The maximum Gasteiger partial charge on any atom is 0.421 e. The second-order valence-electron chi connectivity index (χ2n) is 4.05. The van der Waals surface area contributed by atoms with Crippen LogP contribution in [-0.2, 0) is 6.18 Å². The van der Waals surface area contributed by atoms with Crippen LogP contribution in [0.3, 0.4) is 0 Å². The number of rotatable bonds is 6. The molecule has 0 aliphatic carbocycles. The molecule has 0 aliphatic rings. The van der Waals surface area contributed by atoms with E-state index < -0.39 is 17.6 Å². The van der Waals surface area contributed by atoms with E-state index in [9.17, 15) is 13.2 Å². The van der Waals surface area contributed by atoms with Crippen LogP contribution in [0.25, 0.3) is 0 Å². The van der Waals surface area contributed by atoms with Gasteiger partial charge in [0.1, 0.15) is 12.2 Å². The van der Waals surface area contributed by atoms with E-state index in [1.54, 1.807) is 6.07 Å². The van der Waals surface area contributed by atoms with Crippen molar-refractivity contribution in [1.29, 1.82) is 0 Å². The fraction of sp³-hybridized carbons (Fsp3) is 0.308. The Hall–Kier alpha value is -2.58. The summed E-state index contributed by atoms with van der Waals surface area (Å²) in [4.78, 5) is 11.5. The first-order valence-electron chi connectivity index (χ1n) is 6.26. The van der Waals surface area contributed by atoms with Crippen LogP contribution in [0.15, 0.2) is 30.6 Å². The Kier molecular flexibility index (Phi) is 4.97. The molecular formula is C13H13F3N4O2. The standard InChI is InChI=1S/C13H13F3N4O2/c1-21-10-4-6-18-12(20-10)19-7-8-22-11-9(13(14,15)16)3-2-5-17-11/h2-6H,7-8H2,1H3,(H,18,19,20). The predicted octanol–water partition coefficient (Wildman–Crippen LogP) is 2.39. The van der Waals surface area contributed by atoms with Crippen molar-refractivity contribution in [3.8, 4) is 11.8 Å². The van der Waals surface area contributed by atoms with Crippen molar-refractivity contribution in [2.45, 2.75) is 6.18 Å². The van der Waals surface area contributed by atoms with Gasteiger partial charge in [0.2, 0.25) is 17.7 Å². The normalized spacial score (nSPS) is 11.1. The maximum atomic E-state index is 12.7. The molecule has 0 atom stereocenters. The zero-order valence-corrected chi connectivity index (χ0v) is 11.6. The van der Waals surface area contributed by atoms with E-state index in [0.29, 0.717) is 11.8 Å². The Morgan fingerprint density at radius 3 is 2.73 bits per heavy atom. The van der Waals surface area contributed by atoms with Crippen molar-refractivity contribution < 1.29 is 22.6 Å². The predicted molar refractivity (Wildman–Crippen MR) is 71.8 cm³/mol. The van der Waals surface area contributed by atoms with Crippen molar-refractivity contribution in [3.05, 3.63) is 36.2 Å². The molecule has 0 saturated heterocycles. The molecule has 9 heteroatoms. The van der Waals surface area contributed by atoms with Gasteiger partial charge in [-0.05, 0) is 12.1 Å². The van der Waals surface area contributed by atoms with Crippen molar-refractivity contribution in [2.24, 2.45) is 0 Å². The summed E-state index contributed by atoms with van der Waals surface area (Å²) in [6.07, 6.45) is -1.77. The third-order valence-electron chi connectivity index (χ3n) is 2.54. The van der Waals surface area contributed by atoms with E-state index in [0.717, 1.165) is 6.07 Å². The highest BCUT2D eigenvalue weighted by molar-refractivity contribution is 5.29. The molecule has 0 amide bonds. The van der Waals surface area contributed by atoms with Crippen molar-refractivity contribution in [1.82, 2.24) is 15.0 Å². The molecule has 118 valence electrons. The lowest BCUT2D eigenvalue weighted by atomic mass is 10.2. The number of nitrogens with zero attached hydrogens (tertiary/aromatic N) is 3. The van der Waals surface area contributed by atoms with Gasteiger partial charge in [0.25, 0.3) is 0 Å². The van der Waals surface area contributed by atoms with Gasteiger partial charge in [0, 0.05) is 18.5 Å². The third kappa shape index (κ3) is 4.21. The number of aromatic nitrogens is 3. The Morgan fingerprint density at radius 1 is 1.18 bits per heavy atom. The monoisotopic (exact) mass is 314 g/mol. The maximum absolute atomic E-state index is 12.7. The molecule has 0 radical (unpaired) electrons. The molecule has 0 spiro atoms. The van der Waals surface area contributed by atoms with Crippen LogP contribution in [0.5, 0.6) is 11.8 Å². The number of hydrogen-bond donors (Lipinski definition) is 1. The summed E-state index contributed by atoms with van der Waals surface area (Å²) in [7, 11) is 1.47. The Balaban J connectivity index is 1.89. The van der Waals surface area contributed by atoms with Crippen LogP contribution in [0.2, 0.25) is 0 Å². The van der Waals surface area contributed by atoms with E-state index in [4.69, 9.17) is 9.47 Å². The average Bonchev–Trinajstić information content (AvgIpc) is 2.51. The van der Waals surface area contributed by atoms with Gasteiger partial charge in [-0.2, -0.15) is 18.2 Å². The van der Waals surface area contributed by atoms with Crippen LogP contribution in [-0.4, -0.2) is 35.2 Å². The van der Waals surface area contributed by atoms with Crippen molar-refractivity contribution >= 4 is 5.95 Å². The molecule has 2 rings (SSSR count). The molecule has 0 unspecified atom stereocenters. The minimum absolute atomic E-state index is 0.0271.